The Morgan fingerprint density at radius 1 is 0.816 bits per heavy atom. The minimum absolute atomic E-state index is 0.334. The van der Waals surface area contributed by atoms with Crippen LogP contribution in [0.5, 0.6) is 23.0 Å². The van der Waals surface area contributed by atoms with Crippen molar-refractivity contribution >= 4 is 30.1 Å². The molecule has 0 saturated heterocycles. The number of rotatable bonds is 7. The Morgan fingerprint density at radius 3 is 1.79 bits per heavy atom. The van der Waals surface area contributed by atoms with Gasteiger partial charge in [0.2, 0.25) is 0 Å². The molecule has 0 amide bonds. The van der Waals surface area contributed by atoms with Crippen molar-refractivity contribution in [2.45, 2.75) is 36.8 Å². The standard InChI is InChI=1S/C26H26O12/c1-36-25(34)26(35)12-20(31)24(38-23(33)9-5-15-3-7-17(28)19(30)11-15)21(13-26)37-22(32)8-4-14-2-6-16(27)18(29)10-14/h2-11,20-21,24,27-31,35H,12-13H2,1H3/b8-4+,9-5+/t20?,21-,24+,26-/m1/s1. The second-order valence-corrected chi connectivity index (χ2v) is 8.54. The van der Waals surface area contributed by atoms with Crippen LogP contribution in [0, 0.1) is 0 Å². The molecule has 12 heteroatoms. The third-order valence-corrected chi connectivity index (χ3v) is 5.74. The molecule has 1 aliphatic carbocycles. The summed E-state index contributed by atoms with van der Waals surface area (Å²) in [6, 6.07) is 7.61. The van der Waals surface area contributed by atoms with Crippen LogP contribution in [0.15, 0.2) is 48.6 Å². The third-order valence-electron chi connectivity index (χ3n) is 5.74. The van der Waals surface area contributed by atoms with Crippen molar-refractivity contribution in [3.05, 3.63) is 59.7 Å². The number of ether oxygens (including phenoxy) is 3. The van der Waals surface area contributed by atoms with E-state index in [2.05, 4.69) is 4.74 Å². The Kier molecular flexibility index (Phi) is 8.61. The van der Waals surface area contributed by atoms with Gasteiger partial charge in [-0.1, -0.05) is 12.1 Å². The van der Waals surface area contributed by atoms with Crippen molar-refractivity contribution in [1.82, 2.24) is 0 Å². The molecule has 1 aliphatic rings. The zero-order valence-electron chi connectivity index (χ0n) is 20.1. The molecule has 38 heavy (non-hydrogen) atoms. The first-order chi connectivity index (χ1) is 17.9. The predicted molar refractivity (Wildman–Crippen MR) is 130 cm³/mol. The molecule has 0 heterocycles. The summed E-state index contributed by atoms with van der Waals surface area (Å²) in [6.45, 7) is 0. The maximum Gasteiger partial charge on any atom is 0.338 e. The van der Waals surface area contributed by atoms with Gasteiger partial charge in [0.15, 0.2) is 34.7 Å². The van der Waals surface area contributed by atoms with Crippen molar-refractivity contribution in [1.29, 1.82) is 0 Å². The molecule has 0 aromatic heterocycles. The number of hydrogen-bond donors (Lipinski definition) is 6. The molecule has 2 aromatic carbocycles. The molecule has 0 aliphatic heterocycles. The zero-order valence-corrected chi connectivity index (χ0v) is 20.1. The molecular formula is C26H26O12. The highest BCUT2D eigenvalue weighted by Gasteiger charge is 2.52. The van der Waals surface area contributed by atoms with E-state index in [0.717, 1.165) is 19.3 Å². The molecule has 3 rings (SSSR count). The highest BCUT2D eigenvalue weighted by atomic mass is 16.6. The quantitative estimate of drug-likeness (QED) is 0.129. The van der Waals surface area contributed by atoms with Gasteiger partial charge in [0.1, 0.15) is 6.10 Å². The molecular weight excluding hydrogens is 504 g/mol. The lowest BCUT2D eigenvalue weighted by Gasteiger charge is -2.41. The lowest BCUT2D eigenvalue weighted by molar-refractivity contribution is -0.206. The first-order valence-electron chi connectivity index (χ1n) is 11.2. The number of phenols is 4. The van der Waals surface area contributed by atoms with E-state index in [4.69, 9.17) is 9.47 Å². The van der Waals surface area contributed by atoms with Crippen molar-refractivity contribution in [3.8, 4) is 23.0 Å². The maximum absolute atomic E-state index is 12.5. The number of benzene rings is 2. The van der Waals surface area contributed by atoms with Crippen LogP contribution in [0.25, 0.3) is 12.2 Å². The van der Waals surface area contributed by atoms with Gasteiger partial charge in [0.25, 0.3) is 0 Å². The highest BCUT2D eigenvalue weighted by molar-refractivity contribution is 5.88. The van der Waals surface area contributed by atoms with Gasteiger partial charge in [0, 0.05) is 25.0 Å². The Labute approximate surface area is 216 Å². The fourth-order valence-corrected chi connectivity index (χ4v) is 3.84. The minimum atomic E-state index is -2.23. The summed E-state index contributed by atoms with van der Waals surface area (Å²) in [4.78, 5) is 37.1. The predicted octanol–water partition coefficient (Wildman–Crippen LogP) is 1.12. The van der Waals surface area contributed by atoms with Crippen LogP contribution in [-0.2, 0) is 28.6 Å². The van der Waals surface area contributed by atoms with E-state index < -0.39 is 66.2 Å². The Hall–Kier alpha value is -4.55. The van der Waals surface area contributed by atoms with Gasteiger partial charge in [-0.2, -0.15) is 0 Å². The molecule has 0 radical (unpaired) electrons. The van der Waals surface area contributed by atoms with E-state index in [1.165, 1.54) is 48.6 Å². The van der Waals surface area contributed by atoms with Gasteiger partial charge in [-0.25, -0.2) is 14.4 Å². The van der Waals surface area contributed by atoms with Crippen LogP contribution in [-0.4, -0.2) is 79.6 Å². The molecule has 0 spiro atoms. The maximum atomic E-state index is 12.5. The number of phenolic OH excluding ortho intramolecular Hbond substituents is 4. The number of aliphatic hydroxyl groups is 2. The summed E-state index contributed by atoms with van der Waals surface area (Å²) in [6.07, 6.45) is -1.24. The van der Waals surface area contributed by atoms with Gasteiger partial charge < -0.3 is 44.8 Å². The average molecular weight is 530 g/mol. The molecule has 2 aromatic rings. The fourth-order valence-electron chi connectivity index (χ4n) is 3.84. The van der Waals surface area contributed by atoms with Gasteiger partial charge in [0.05, 0.1) is 13.2 Å². The Bertz CT molecular complexity index is 1270. The molecule has 1 fully saturated rings. The molecule has 4 atom stereocenters. The number of hydrogen-bond acceptors (Lipinski definition) is 12. The van der Waals surface area contributed by atoms with Crippen LogP contribution in [0.1, 0.15) is 24.0 Å². The zero-order chi connectivity index (χ0) is 28.0. The van der Waals surface area contributed by atoms with E-state index in [0.29, 0.717) is 11.1 Å². The van der Waals surface area contributed by atoms with Gasteiger partial charge in [-0.15, -0.1) is 0 Å². The van der Waals surface area contributed by atoms with E-state index in [1.54, 1.807) is 0 Å². The third kappa shape index (κ3) is 6.81. The average Bonchev–Trinajstić information content (AvgIpc) is 2.87. The lowest BCUT2D eigenvalue weighted by Crippen LogP contribution is -2.58. The lowest BCUT2D eigenvalue weighted by atomic mass is 9.79. The minimum Gasteiger partial charge on any atom is -0.504 e. The number of aliphatic hydroxyl groups excluding tert-OH is 1. The van der Waals surface area contributed by atoms with E-state index in [9.17, 15) is 45.0 Å². The summed E-state index contributed by atoms with van der Waals surface area (Å²) in [5, 5.41) is 59.2. The van der Waals surface area contributed by atoms with E-state index >= 15 is 0 Å². The van der Waals surface area contributed by atoms with E-state index in [-0.39, 0.29) is 11.5 Å². The molecule has 12 nitrogen and oxygen atoms in total. The van der Waals surface area contributed by atoms with Gasteiger partial charge in [-0.05, 0) is 47.5 Å². The molecule has 0 bridgehead atoms. The first kappa shape index (κ1) is 28.0. The van der Waals surface area contributed by atoms with E-state index in [1.807, 2.05) is 0 Å². The molecule has 1 unspecified atom stereocenters. The van der Waals surface area contributed by atoms with Crippen LogP contribution >= 0.6 is 0 Å². The number of carbonyl (C=O) groups excluding carboxylic acids is 3. The highest BCUT2D eigenvalue weighted by Crippen LogP contribution is 2.34. The molecule has 202 valence electrons. The number of aromatic hydroxyl groups is 4. The van der Waals surface area contributed by atoms with Crippen LogP contribution < -0.4 is 0 Å². The molecule has 6 N–H and O–H groups in total. The van der Waals surface area contributed by atoms with Crippen molar-refractivity contribution < 1.29 is 59.2 Å². The van der Waals surface area contributed by atoms with Crippen LogP contribution in [0.4, 0.5) is 0 Å². The van der Waals surface area contributed by atoms with Crippen LogP contribution in [0.2, 0.25) is 0 Å². The normalized spacial score (nSPS) is 23.3. The van der Waals surface area contributed by atoms with Gasteiger partial charge in [-0.3, -0.25) is 0 Å². The first-order valence-corrected chi connectivity index (χ1v) is 11.2. The Balaban J connectivity index is 1.77. The van der Waals surface area contributed by atoms with Gasteiger partial charge >= 0.3 is 17.9 Å². The summed E-state index contributed by atoms with van der Waals surface area (Å²) in [7, 11) is 1.03. The van der Waals surface area contributed by atoms with Crippen molar-refractivity contribution in [3.63, 3.8) is 0 Å². The summed E-state index contributed by atoms with van der Waals surface area (Å²) < 4.78 is 15.2. The SMILES string of the molecule is COC(=O)[C@@]1(O)CC(O)[C@H](OC(=O)/C=C/c2ccc(O)c(O)c2)[C@H](OC(=O)/C=C/c2ccc(O)c(O)c2)C1. The van der Waals surface area contributed by atoms with Crippen molar-refractivity contribution in [2.75, 3.05) is 7.11 Å². The summed E-state index contributed by atoms with van der Waals surface area (Å²) >= 11 is 0. The smallest absolute Gasteiger partial charge is 0.338 e. The largest absolute Gasteiger partial charge is 0.504 e. The molecule has 1 saturated carbocycles. The summed E-state index contributed by atoms with van der Waals surface area (Å²) in [5.74, 6) is -4.57. The van der Waals surface area contributed by atoms with Crippen LogP contribution in [0.3, 0.4) is 0 Å². The number of carbonyl (C=O) groups is 3. The number of methoxy groups -OCH3 is 1. The monoisotopic (exact) mass is 530 g/mol. The fraction of sp³-hybridized carbons (Fsp3) is 0.269. The second-order valence-electron chi connectivity index (χ2n) is 8.54. The topological polar surface area (TPSA) is 200 Å². The Morgan fingerprint density at radius 2 is 1.32 bits per heavy atom. The number of esters is 3. The summed E-state index contributed by atoms with van der Waals surface area (Å²) in [5.41, 5.74) is -1.55. The van der Waals surface area contributed by atoms with Crippen molar-refractivity contribution in [2.24, 2.45) is 0 Å². The second kappa shape index (κ2) is 11.7.